The minimum Gasteiger partial charge on any atom is -0.504 e. The van der Waals surface area contributed by atoms with Crippen molar-refractivity contribution in [2.75, 3.05) is 25.2 Å². The minimum atomic E-state index is -0.653. The van der Waals surface area contributed by atoms with Crippen LogP contribution in [-0.4, -0.2) is 53.6 Å². The second kappa shape index (κ2) is 13.3. The fourth-order valence-corrected chi connectivity index (χ4v) is 6.11. The summed E-state index contributed by atoms with van der Waals surface area (Å²) in [6.07, 6.45) is 5.09. The lowest BCUT2D eigenvalue weighted by Crippen LogP contribution is -2.41. The number of benzene rings is 2. The van der Waals surface area contributed by atoms with Crippen molar-refractivity contribution in [3.8, 4) is 45.7 Å². The summed E-state index contributed by atoms with van der Waals surface area (Å²) >= 11 is 0. The number of nitrogens with two attached hydrogens (primary N) is 1. The molecule has 1 saturated heterocycles. The summed E-state index contributed by atoms with van der Waals surface area (Å²) in [5.41, 5.74) is 10.0. The number of hydrogen-bond donors (Lipinski definition) is 4. The van der Waals surface area contributed by atoms with Gasteiger partial charge in [-0.2, -0.15) is 5.26 Å². The van der Waals surface area contributed by atoms with Gasteiger partial charge in [0, 0.05) is 36.7 Å². The van der Waals surface area contributed by atoms with E-state index in [0.717, 1.165) is 38.6 Å². The Labute approximate surface area is 249 Å². The van der Waals surface area contributed by atoms with Crippen LogP contribution in [0.1, 0.15) is 50.5 Å². The van der Waals surface area contributed by atoms with Gasteiger partial charge in [0.2, 0.25) is 5.91 Å². The maximum Gasteiger partial charge on any atom is 0.243 e. The molecule has 2 bridgehead atoms. The first-order valence-corrected chi connectivity index (χ1v) is 14.5. The molecule has 0 spiro atoms. The molecule has 5 N–H and O–H groups in total. The van der Waals surface area contributed by atoms with Gasteiger partial charge in [-0.1, -0.05) is 25.0 Å². The Bertz CT molecular complexity index is 1520. The smallest absolute Gasteiger partial charge is 0.243 e. The highest BCUT2D eigenvalue weighted by molar-refractivity contribution is 5.88. The molecule has 2 aliphatic rings. The molecule has 226 valence electrons. The molecule has 1 saturated carbocycles. The van der Waals surface area contributed by atoms with Gasteiger partial charge < -0.3 is 25.2 Å². The average molecular weight is 590 g/mol. The number of hydrogen-bond acceptors (Lipinski definition) is 9. The first kappa shape index (κ1) is 30.1. The van der Waals surface area contributed by atoms with Gasteiger partial charge in [0.05, 0.1) is 30.5 Å². The van der Waals surface area contributed by atoms with Crippen LogP contribution in [0.15, 0.2) is 42.5 Å². The van der Waals surface area contributed by atoms with Crippen LogP contribution in [0.5, 0.6) is 17.2 Å². The summed E-state index contributed by atoms with van der Waals surface area (Å²) in [5.74, 6) is 0.784. The van der Waals surface area contributed by atoms with Crippen molar-refractivity contribution in [2.45, 2.75) is 57.0 Å². The number of unbranched alkanes of at least 4 members (excludes halogenated alkanes) is 3. The minimum absolute atomic E-state index is 0.0651. The number of phenolic OH excluding ortho intramolecular Hbond substituents is 1. The van der Waals surface area contributed by atoms with Gasteiger partial charge in [-0.25, -0.2) is 14.9 Å². The van der Waals surface area contributed by atoms with Gasteiger partial charge in [0.25, 0.3) is 0 Å². The van der Waals surface area contributed by atoms with Gasteiger partial charge >= 0.3 is 0 Å². The highest BCUT2D eigenvalue weighted by Gasteiger charge is 2.43. The molecule has 10 nitrogen and oxygen atoms in total. The Balaban J connectivity index is 1.54. The molecule has 3 atom stereocenters. The topological polar surface area (TPSA) is 154 Å². The van der Waals surface area contributed by atoms with E-state index in [9.17, 15) is 19.6 Å². The monoisotopic (exact) mass is 589 g/mol. The number of pyridine rings is 1. The number of aromatic nitrogens is 1. The quantitative estimate of drug-likeness (QED) is 0.131. The van der Waals surface area contributed by atoms with Gasteiger partial charge in [-0.15, -0.1) is 0 Å². The summed E-state index contributed by atoms with van der Waals surface area (Å²) in [5, 5.41) is 28.6. The SMILES string of the molecule is COc1ccc(-c2c(OCCCCCCC(=O)NO)cc(N3CC4CC3CC4N)nc2-c2ccc(C#N)c(F)c2)cc1O. The molecular weight excluding hydrogens is 553 g/mol. The van der Waals surface area contributed by atoms with E-state index in [1.54, 1.807) is 29.7 Å². The Morgan fingerprint density at radius 1 is 1.14 bits per heavy atom. The zero-order valence-electron chi connectivity index (χ0n) is 24.1. The lowest BCUT2D eigenvalue weighted by atomic mass is 9.96. The van der Waals surface area contributed by atoms with E-state index in [1.165, 1.54) is 19.2 Å². The molecule has 3 aromatic rings. The number of carbonyl (C=O) groups excluding carboxylic acids is 1. The number of phenols is 1. The van der Waals surface area contributed by atoms with Gasteiger partial charge in [-0.3, -0.25) is 10.0 Å². The number of methoxy groups -OCH3 is 1. The highest BCUT2D eigenvalue weighted by Crippen LogP contribution is 2.46. The predicted octanol–water partition coefficient (Wildman–Crippen LogP) is 4.90. The molecule has 2 heterocycles. The third-order valence-corrected chi connectivity index (χ3v) is 8.37. The number of nitrogens with zero attached hydrogens (tertiary/aromatic N) is 3. The lowest BCUT2D eigenvalue weighted by Gasteiger charge is -2.32. The zero-order chi connectivity index (χ0) is 30.5. The number of halogens is 1. The third kappa shape index (κ3) is 6.50. The fourth-order valence-electron chi connectivity index (χ4n) is 6.11. The van der Waals surface area contributed by atoms with Crippen LogP contribution >= 0.6 is 0 Å². The highest BCUT2D eigenvalue weighted by atomic mass is 19.1. The molecule has 5 rings (SSSR count). The number of piperidine rings is 1. The lowest BCUT2D eigenvalue weighted by molar-refractivity contribution is -0.129. The molecular formula is C32H36FN5O5. The van der Waals surface area contributed by atoms with Crippen LogP contribution in [0.2, 0.25) is 0 Å². The number of ether oxygens (including phenoxy) is 2. The van der Waals surface area contributed by atoms with Gasteiger partial charge in [0.1, 0.15) is 23.5 Å². The third-order valence-electron chi connectivity index (χ3n) is 8.37. The summed E-state index contributed by atoms with van der Waals surface area (Å²) in [6.45, 7) is 1.15. The number of carbonyl (C=O) groups is 1. The zero-order valence-corrected chi connectivity index (χ0v) is 24.1. The van der Waals surface area contributed by atoms with Crippen LogP contribution in [0.4, 0.5) is 10.2 Å². The molecule has 3 unspecified atom stereocenters. The number of nitriles is 1. The van der Waals surface area contributed by atoms with Crippen molar-refractivity contribution in [1.29, 1.82) is 5.26 Å². The maximum atomic E-state index is 14.9. The van der Waals surface area contributed by atoms with E-state index in [1.807, 2.05) is 12.1 Å². The molecule has 2 fully saturated rings. The predicted molar refractivity (Wildman–Crippen MR) is 158 cm³/mol. The second-order valence-corrected chi connectivity index (χ2v) is 11.1. The van der Waals surface area contributed by atoms with Crippen molar-refractivity contribution in [3.63, 3.8) is 0 Å². The Morgan fingerprint density at radius 2 is 1.93 bits per heavy atom. The molecule has 43 heavy (non-hydrogen) atoms. The van der Waals surface area contributed by atoms with Crippen molar-refractivity contribution < 1.29 is 29.0 Å². The van der Waals surface area contributed by atoms with Crippen LogP contribution < -0.4 is 25.6 Å². The Kier molecular flexibility index (Phi) is 9.28. The van der Waals surface area contributed by atoms with Gasteiger partial charge in [0.15, 0.2) is 11.5 Å². The van der Waals surface area contributed by atoms with E-state index in [-0.39, 0.29) is 29.8 Å². The molecule has 1 aliphatic heterocycles. The van der Waals surface area contributed by atoms with Crippen LogP contribution in [-0.2, 0) is 4.79 Å². The largest absolute Gasteiger partial charge is 0.504 e. The van der Waals surface area contributed by atoms with Crippen LogP contribution in [0, 0.1) is 23.1 Å². The molecule has 1 amide bonds. The van der Waals surface area contributed by atoms with Crippen molar-refractivity contribution >= 4 is 11.7 Å². The van der Waals surface area contributed by atoms with Crippen LogP contribution in [0.3, 0.4) is 0 Å². The van der Waals surface area contributed by atoms with E-state index >= 15 is 0 Å². The number of fused-ring (bicyclic) bond motifs is 2. The normalized spacial score (nSPS) is 18.9. The summed E-state index contributed by atoms with van der Waals surface area (Å²) in [6, 6.07) is 13.6. The number of amides is 1. The molecule has 0 radical (unpaired) electrons. The average Bonchev–Trinajstić information content (AvgIpc) is 3.59. The number of aromatic hydroxyl groups is 1. The summed E-state index contributed by atoms with van der Waals surface area (Å²) < 4.78 is 26.6. The fraction of sp³-hybridized carbons (Fsp3) is 0.406. The number of hydroxylamine groups is 1. The first-order chi connectivity index (χ1) is 20.8. The number of anilines is 1. The molecule has 1 aromatic heterocycles. The summed E-state index contributed by atoms with van der Waals surface area (Å²) in [4.78, 5) is 18.6. The number of rotatable bonds is 12. The maximum absolute atomic E-state index is 14.9. The van der Waals surface area contributed by atoms with E-state index < -0.39 is 11.7 Å². The van der Waals surface area contributed by atoms with E-state index in [2.05, 4.69) is 4.90 Å². The first-order valence-electron chi connectivity index (χ1n) is 14.5. The molecule has 2 aromatic carbocycles. The van der Waals surface area contributed by atoms with Crippen molar-refractivity contribution in [2.24, 2.45) is 11.7 Å². The number of nitrogens with one attached hydrogen (secondary N) is 1. The van der Waals surface area contributed by atoms with Gasteiger partial charge in [-0.05, 0) is 61.4 Å². The Morgan fingerprint density at radius 3 is 2.58 bits per heavy atom. The standard InChI is InChI=1S/C32H36FN5O5/c1-42-27-10-9-19(14-26(27)39)31-28(43-11-5-3-2-4-6-30(40)37-41)16-29(38-18-22-12-23(38)15-25(22)35)36-32(31)20-7-8-21(17-34)24(33)13-20/h7-10,13-14,16,22-23,25,39,41H,2-6,11-12,15,18,35H2,1H3,(H,37,40). The second-order valence-electron chi connectivity index (χ2n) is 11.1. The van der Waals surface area contributed by atoms with Crippen molar-refractivity contribution in [1.82, 2.24) is 10.5 Å². The van der Waals surface area contributed by atoms with Crippen molar-refractivity contribution in [3.05, 3.63) is 53.8 Å². The Hall–Kier alpha value is -4.40. The van der Waals surface area contributed by atoms with E-state index in [0.29, 0.717) is 58.6 Å². The van der Waals surface area contributed by atoms with E-state index in [4.69, 9.17) is 25.4 Å². The molecule has 1 aliphatic carbocycles. The molecule has 11 heteroatoms. The van der Waals surface area contributed by atoms with Crippen LogP contribution in [0.25, 0.3) is 22.4 Å². The summed E-state index contributed by atoms with van der Waals surface area (Å²) in [7, 11) is 1.47.